The Morgan fingerprint density at radius 3 is 2.80 bits per heavy atom. The molecule has 0 spiro atoms. The van der Waals surface area contributed by atoms with Gasteiger partial charge in [-0.05, 0) is 42.8 Å². The molecule has 5 aromatic rings. The number of halogens is 1. The lowest BCUT2D eigenvalue weighted by atomic mass is 10.1. The first kappa shape index (κ1) is 18.3. The fraction of sp³-hybridized carbons (Fsp3) is 0.0909. The number of nitro benzene ring substituents is 1. The second-order valence-corrected chi connectivity index (χ2v) is 7.52. The van der Waals surface area contributed by atoms with Crippen LogP contribution in [0.3, 0.4) is 0 Å². The van der Waals surface area contributed by atoms with E-state index in [0.717, 1.165) is 27.2 Å². The van der Waals surface area contributed by atoms with E-state index >= 15 is 0 Å². The summed E-state index contributed by atoms with van der Waals surface area (Å²) in [5.74, 6) is 0. The molecule has 5 rings (SSSR count). The Bertz CT molecular complexity index is 1550. The van der Waals surface area contributed by atoms with Crippen LogP contribution in [0.4, 0.5) is 5.69 Å². The molecular formula is C22H14ClN3O4. The minimum absolute atomic E-state index is 0.0623. The van der Waals surface area contributed by atoms with Crippen LogP contribution in [0.15, 0.2) is 63.9 Å². The maximum atomic E-state index is 12.9. The second kappa shape index (κ2) is 6.67. The lowest BCUT2D eigenvalue weighted by Crippen LogP contribution is -2.09. The number of aryl methyl sites for hydroxylation is 1. The highest BCUT2D eigenvalue weighted by atomic mass is 35.5. The number of benzene rings is 2. The van der Waals surface area contributed by atoms with E-state index in [9.17, 15) is 14.9 Å². The van der Waals surface area contributed by atoms with Crippen molar-refractivity contribution in [3.8, 4) is 0 Å². The van der Waals surface area contributed by atoms with Crippen LogP contribution in [0.25, 0.3) is 32.9 Å². The molecule has 0 aliphatic carbocycles. The number of nitrogens with zero attached hydrogens (tertiary/aromatic N) is 3. The number of aromatic nitrogens is 2. The van der Waals surface area contributed by atoms with Gasteiger partial charge in [-0.1, -0.05) is 23.2 Å². The van der Waals surface area contributed by atoms with Gasteiger partial charge in [-0.2, -0.15) is 0 Å². The molecule has 0 aliphatic heterocycles. The predicted molar refractivity (Wildman–Crippen MR) is 115 cm³/mol. The maximum Gasteiger partial charge on any atom is 0.362 e. The van der Waals surface area contributed by atoms with Crippen molar-refractivity contribution in [1.82, 2.24) is 9.55 Å². The largest absolute Gasteiger partial charge is 0.402 e. The second-order valence-electron chi connectivity index (χ2n) is 7.11. The molecule has 0 atom stereocenters. The molecule has 0 radical (unpaired) electrons. The minimum atomic E-state index is -0.522. The molecule has 0 unspecified atom stereocenters. The molecule has 3 aromatic heterocycles. The SMILES string of the molecule is Cc1ccc2c(c1)c1c3cccnc3oc(=O)c1n2Cc1cc([N+](=O)[O-])ccc1Cl. The van der Waals surface area contributed by atoms with Crippen molar-refractivity contribution in [2.24, 2.45) is 0 Å². The number of rotatable bonds is 3. The highest BCUT2D eigenvalue weighted by Crippen LogP contribution is 2.34. The summed E-state index contributed by atoms with van der Waals surface area (Å²) in [5.41, 5.74) is 2.44. The van der Waals surface area contributed by atoms with Gasteiger partial charge in [-0.3, -0.25) is 10.1 Å². The Labute approximate surface area is 174 Å². The van der Waals surface area contributed by atoms with Crippen molar-refractivity contribution in [3.63, 3.8) is 0 Å². The Hall–Kier alpha value is -3.71. The van der Waals surface area contributed by atoms with Crippen molar-refractivity contribution >= 4 is 50.2 Å². The summed E-state index contributed by atoms with van der Waals surface area (Å²) < 4.78 is 7.28. The van der Waals surface area contributed by atoms with Crippen LogP contribution >= 0.6 is 11.6 Å². The summed E-state index contributed by atoms with van der Waals surface area (Å²) in [6.45, 7) is 2.16. The van der Waals surface area contributed by atoms with Crippen LogP contribution in [-0.4, -0.2) is 14.5 Å². The molecule has 0 amide bonds. The van der Waals surface area contributed by atoms with Crippen molar-refractivity contribution in [1.29, 1.82) is 0 Å². The van der Waals surface area contributed by atoms with Gasteiger partial charge in [0.05, 0.1) is 11.5 Å². The van der Waals surface area contributed by atoms with Gasteiger partial charge in [0, 0.05) is 45.0 Å². The van der Waals surface area contributed by atoms with Gasteiger partial charge in [0.1, 0.15) is 5.52 Å². The van der Waals surface area contributed by atoms with Crippen LogP contribution in [0.1, 0.15) is 11.1 Å². The third kappa shape index (κ3) is 2.74. The molecule has 8 heteroatoms. The van der Waals surface area contributed by atoms with Crippen molar-refractivity contribution in [3.05, 3.63) is 91.4 Å². The summed E-state index contributed by atoms with van der Waals surface area (Å²) >= 11 is 6.33. The molecule has 3 heterocycles. The van der Waals surface area contributed by atoms with Gasteiger partial charge >= 0.3 is 5.63 Å². The summed E-state index contributed by atoms with van der Waals surface area (Å²) in [4.78, 5) is 27.9. The molecule has 0 fully saturated rings. The topological polar surface area (TPSA) is 91.2 Å². The monoisotopic (exact) mass is 419 g/mol. The maximum absolute atomic E-state index is 12.9. The molecule has 148 valence electrons. The number of pyridine rings is 1. The minimum Gasteiger partial charge on any atom is -0.402 e. The molecule has 0 bridgehead atoms. The predicted octanol–water partition coefficient (Wildman–Crippen LogP) is 5.21. The zero-order chi connectivity index (χ0) is 21.0. The van der Waals surface area contributed by atoms with Crippen LogP contribution in [0.5, 0.6) is 0 Å². The summed E-state index contributed by atoms with van der Waals surface area (Å²) in [6.07, 6.45) is 1.57. The number of hydrogen-bond acceptors (Lipinski definition) is 5. The van der Waals surface area contributed by atoms with Crippen LogP contribution < -0.4 is 5.63 Å². The quantitative estimate of drug-likeness (QED) is 0.295. The van der Waals surface area contributed by atoms with Crippen molar-refractivity contribution in [2.45, 2.75) is 13.5 Å². The standard InChI is InChI=1S/C22H14ClN3O4/c1-12-4-7-18-16(9-12)19-15-3-2-8-24-21(15)30-22(27)20(19)25(18)11-13-10-14(26(28)29)5-6-17(13)23/h2-10H,11H2,1H3. The molecule has 0 aliphatic rings. The number of nitro groups is 1. The lowest BCUT2D eigenvalue weighted by molar-refractivity contribution is -0.384. The Morgan fingerprint density at radius 1 is 1.17 bits per heavy atom. The summed E-state index contributed by atoms with van der Waals surface area (Å²) in [7, 11) is 0. The fourth-order valence-electron chi connectivity index (χ4n) is 3.88. The Kier molecular flexibility index (Phi) is 4.08. The zero-order valence-electron chi connectivity index (χ0n) is 15.8. The van der Waals surface area contributed by atoms with Gasteiger partial charge in [-0.25, -0.2) is 9.78 Å². The van der Waals surface area contributed by atoms with Crippen LogP contribution in [-0.2, 0) is 6.54 Å². The van der Waals surface area contributed by atoms with E-state index in [1.165, 1.54) is 18.2 Å². The summed E-state index contributed by atoms with van der Waals surface area (Å²) in [5, 5.41) is 14.0. The van der Waals surface area contributed by atoms with Crippen molar-refractivity contribution in [2.75, 3.05) is 0 Å². The molecule has 30 heavy (non-hydrogen) atoms. The molecule has 0 N–H and O–H groups in total. The number of non-ortho nitro benzene ring substituents is 1. The van der Waals surface area contributed by atoms with E-state index in [-0.39, 0.29) is 17.9 Å². The normalized spacial score (nSPS) is 11.5. The van der Waals surface area contributed by atoms with Gasteiger partial charge in [-0.15, -0.1) is 0 Å². The van der Waals surface area contributed by atoms with E-state index < -0.39 is 10.5 Å². The molecule has 7 nitrogen and oxygen atoms in total. The smallest absolute Gasteiger partial charge is 0.362 e. The van der Waals surface area contributed by atoms with Gasteiger partial charge in [0.25, 0.3) is 5.69 Å². The van der Waals surface area contributed by atoms with Gasteiger partial charge in [0.2, 0.25) is 5.71 Å². The Morgan fingerprint density at radius 2 is 2.00 bits per heavy atom. The first-order valence-electron chi connectivity index (χ1n) is 9.17. The highest BCUT2D eigenvalue weighted by molar-refractivity contribution is 6.31. The molecular weight excluding hydrogens is 406 g/mol. The van der Waals surface area contributed by atoms with E-state index in [0.29, 0.717) is 16.1 Å². The lowest BCUT2D eigenvalue weighted by Gasteiger charge is -2.09. The average Bonchev–Trinajstić information content (AvgIpc) is 3.04. The van der Waals surface area contributed by atoms with Crippen molar-refractivity contribution < 1.29 is 9.34 Å². The van der Waals surface area contributed by atoms with Gasteiger partial charge in [0.15, 0.2) is 0 Å². The average molecular weight is 420 g/mol. The fourth-order valence-corrected chi connectivity index (χ4v) is 4.06. The Balaban J connectivity index is 1.89. The first-order valence-corrected chi connectivity index (χ1v) is 9.55. The van der Waals surface area contributed by atoms with Crippen LogP contribution in [0.2, 0.25) is 5.02 Å². The zero-order valence-corrected chi connectivity index (χ0v) is 16.5. The van der Waals surface area contributed by atoms with Gasteiger partial charge < -0.3 is 8.98 Å². The van der Waals surface area contributed by atoms with Crippen LogP contribution in [0, 0.1) is 17.0 Å². The summed E-state index contributed by atoms with van der Waals surface area (Å²) in [6, 6.07) is 13.8. The number of hydrogen-bond donors (Lipinski definition) is 0. The van der Waals surface area contributed by atoms with E-state index in [4.69, 9.17) is 16.0 Å². The molecule has 0 saturated heterocycles. The highest BCUT2D eigenvalue weighted by Gasteiger charge is 2.20. The third-order valence-corrected chi connectivity index (χ3v) is 5.58. The van der Waals surface area contributed by atoms with E-state index in [1.807, 2.05) is 31.2 Å². The first-order chi connectivity index (χ1) is 14.4. The molecule has 0 saturated carbocycles. The number of fused-ring (bicyclic) bond motifs is 5. The third-order valence-electron chi connectivity index (χ3n) is 5.21. The van der Waals surface area contributed by atoms with E-state index in [1.54, 1.807) is 16.8 Å². The molecule has 2 aromatic carbocycles. The van der Waals surface area contributed by atoms with E-state index in [2.05, 4.69) is 4.98 Å².